The maximum atomic E-state index is 11.7. The minimum atomic E-state index is -0.664. The van der Waals surface area contributed by atoms with Crippen LogP contribution in [0.25, 0.3) is 0 Å². The number of likely N-dealkylation sites (tertiary alicyclic amines) is 1. The molecular weight excluding hydrogens is 194 g/mol. The summed E-state index contributed by atoms with van der Waals surface area (Å²) >= 11 is 0. The Balaban J connectivity index is 1.73. The molecule has 0 radical (unpaired) electrons. The van der Waals surface area contributed by atoms with Gasteiger partial charge in [0.05, 0.1) is 31.2 Å². The van der Waals surface area contributed by atoms with Gasteiger partial charge in [0.25, 0.3) is 0 Å². The van der Waals surface area contributed by atoms with Crippen molar-refractivity contribution in [1.82, 2.24) is 4.90 Å². The zero-order valence-corrected chi connectivity index (χ0v) is 9.24. The third-order valence-electron chi connectivity index (χ3n) is 3.09. The first-order valence-corrected chi connectivity index (χ1v) is 5.69. The van der Waals surface area contributed by atoms with E-state index < -0.39 is 5.60 Å². The van der Waals surface area contributed by atoms with Gasteiger partial charge >= 0.3 is 0 Å². The van der Waals surface area contributed by atoms with Crippen LogP contribution in [0.1, 0.15) is 32.6 Å². The van der Waals surface area contributed by atoms with Crippen LogP contribution >= 0.6 is 0 Å². The van der Waals surface area contributed by atoms with Gasteiger partial charge < -0.3 is 14.7 Å². The van der Waals surface area contributed by atoms with Crippen LogP contribution in [0.3, 0.4) is 0 Å². The van der Waals surface area contributed by atoms with Crippen molar-refractivity contribution >= 4 is 5.91 Å². The van der Waals surface area contributed by atoms with Gasteiger partial charge in [0.1, 0.15) is 0 Å². The molecule has 2 saturated heterocycles. The SMILES string of the molecule is CC1(O)CN(C(=O)CC2CCCCO2)C1. The van der Waals surface area contributed by atoms with Crippen LogP contribution in [-0.2, 0) is 9.53 Å². The minimum absolute atomic E-state index is 0.108. The van der Waals surface area contributed by atoms with Crippen LogP contribution in [0.15, 0.2) is 0 Å². The molecule has 2 heterocycles. The molecule has 2 aliphatic rings. The maximum absolute atomic E-state index is 11.7. The Kier molecular flexibility index (Phi) is 2.98. The third-order valence-corrected chi connectivity index (χ3v) is 3.09. The fraction of sp³-hybridized carbons (Fsp3) is 0.909. The second kappa shape index (κ2) is 4.10. The molecule has 1 atom stereocenters. The molecule has 0 saturated carbocycles. The van der Waals surface area contributed by atoms with Gasteiger partial charge in [-0.2, -0.15) is 0 Å². The molecule has 0 bridgehead atoms. The molecule has 2 aliphatic heterocycles. The quantitative estimate of drug-likeness (QED) is 0.728. The molecule has 0 spiro atoms. The van der Waals surface area contributed by atoms with Gasteiger partial charge in [-0.15, -0.1) is 0 Å². The maximum Gasteiger partial charge on any atom is 0.225 e. The first-order valence-electron chi connectivity index (χ1n) is 5.69. The van der Waals surface area contributed by atoms with Crippen molar-refractivity contribution in [2.45, 2.75) is 44.3 Å². The van der Waals surface area contributed by atoms with E-state index >= 15 is 0 Å². The predicted octanol–water partition coefficient (Wildman–Crippen LogP) is 0.539. The highest BCUT2D eigenvalue weighted by molar-refractivity contribution is 5.77. The Hall–Kier alpha value is -0.610. The molecule has 1 amide bonds. The molecule has 0 aromatic rings. The number of carbonyl (C=O) groups is 1. The van der Waals surface area contributed by atoms with E-state index in [4.69, 9.17) is 4.74 Å². The molecule has 0 aromatic carbocycles. The number of rotatable bonds is 2. The smallest absolute Gasteiger partial charge is 0.225 e. The van der Waals surface area contributed by atoms with Gasteiger partial charge in [-0.1, -0.05) is 0 Å². The number of hydrogen-bond acceptors (Lipinski definition) is 3. The summed E-state index contributed by atoms with van der Waals surface area (Å²) in [5.41, 5.74) is -0.664. The summed E-state index contributed by atoms with van der Waals surface area (Å²) in [6.45, 7) is 3.49. The predicted molar refractivity (Wildman–Crippen MR) is 55.4 cm³/mol. The van der Waals surface area contributed by atoms with Gasteiger partial charge in [0, 0.05) is 6.61 Å². The first kappa shape index (κ1) is 10.9. The zero-order chi connectivity index (χ0) is 10.9. The van der Waals surface area contributed by atoms with Crippen molar-refractivity contribution in [3.8, 4) is 0 Å². The van der Waals surface area contributed by atoms with Gasteiger partial charge in [-0.3, -0.25) is 4.79 Å². The lowest BCUT2D eigenvalue weighted by Gasteiger charge is -2.44. The lowest BCUT2D eigenvalue weighted by molar-refractivity contribution is -0.155. The van der Waals surface area contributed by atoms with E-state index in [0.717, 1.165) is 25.9 Å². The molecular formula is C11H19NO3. The number of nitrogens with zero attached hydrogens (tertiary/aromatic N) is 1. The lowest BCUT2D eigenvalue weighted by atomic mass is 9.95. The van der Waals surface area contributed by atoms with Crippen molar-refractivity contribution in [3.63, 3.8) is 0 Å². The number of amides is 1. The van der Waals surface area contributed by atoms with Crippen molar-refractivity contribution in [2.24, 2.45) is 0 Å². The van der Waals surface area contributed by atoms with E-state index in [1.54, 1.807) is 11.8 Å². The van der Waals surface area contributed by atoms with Crippen molar-refractivity contribution in [2.75, 3.05) is 19.7 Å². The summed E-state index contributed by atoms with van der Waals surface area (Å²) in [5.74, 6) is 0.119. The Bertz CT molecular complexity index is 238. The molecule has 86 valence electrons. The van der Waals surface area contributed by atoms with Crippen molar-refractivity contribution < 1.29 is 14.6 Å². The number of aliphatic hydroxyl groups is 1. The highest BCUT2D eigenvalue weighted by Crippen LogP contribution is 2.23. The summed E-state index contributed by atoms with van der Waals surface area (Å²) in [6.07, 6.45) is 3.86. The molecule has 4 nitrogen and oxygen atoms in total. The summed E-state index contributed by atoms with van der Waals surface area (Å²) < 4.78 is 5.51. The normalized spacial score (nSPS) is 29.7. The van der Waals surface area contributed by atoms with E-state index in [9.17, 15) is 9.90 Å². The van der Waals surface area contributed by atoms with E-state index in [1.165, 1.54) is 0 Å². The molecule has 1 unspecified atom stereocenters. The summed E-state index contributed by atoms with van der Waals surface area (Å²) in [4.78, 5) is 13.4. The van der Waals surface area contributed by atoms with Gasteiger partial charge in [-0.25, -0.2) is 0 Å². The highest BCUT2D eigenvalue weighted by atomic mass is 16.5. The van der Waals surface area contributed by atoms with Crippen LogP contribution in [0.2, 0.25) is 0 Å². The molecule has 4 heteroatoms. The number of hydrogen-bond donors (Lipinski definition) is 1. The van der Waals surface area contributed by atoms with E-state index in [0.29, 0.717) is 19.5 Å². The van der Waals surface area contributed by atoms with E-state index in [-0.39, 0.29) is 12.0 Å². The lowest BCUT2D eigenvalue weighted by Crippen LogP contribution is -2.62. The first-order chi connectivity index (χ1) is 7.07. The van der Waals surface area contributed by atoms with Gasteiger partial charge in [-0.05, 0) is 26.2 Å². The Morgan fingerprint density at radius 3 is 2.80 bits per heavy atom. The van der Waals surface area contributed by atoms with Crippen LogP contribution in [-0.4, -0.2) is 47.3 Å². The van der Waals surface area contributed by atoms with E-state index in [2.05, 4.69) is 0 Å². The molecule has 0 aliphatic carbocycles. The van der Waals surface area contributed by atoms with Crippen molar-refractivity contribution in [3.05, 3.63) is 0 Å². The Labute approximate surface area is 90.2 Å². The molecule has 2 rings (SSSR count). The van der Waals surface area contributed by atoms with E-state index in [1.807, 2.05) is 0 Å². The monoisotopic (exact) mass is 213 g/mol. The van der Waals surface area contributed by atoms with Crippen LogP contribution in [0.4, 0.5) is 0 Å². The molecule has 2 fully saturated rings. The number of ether oxygens (including phenoxy) is 1. The molecule has 15 heavy (non-hydrogen) atoms. The molecule has 0 aromatic heterocycles. The largest absolute Gasteiger partial charge is 0.386 e. The summed E-state index contributed by atoms with van der Waals surface area (Å²) in [7, 11) is 0. The Morgan fingerprint density at radius 1 is 1.53 bits per heavy atom. The summed E-state index contributed by atoms with van der Waals surface area (Å²) in [5, 5.41) is 9.51. The molecule has 1 N–H and O–H groups in total. The average molecular weight is 213 g/mol. The second-order valence-electron chi connectivity index (χ2n) is 4.94. The second-order valence-corrected chi connectivity index (χ2v) is 4.94. The Morgan fingerprint density at radius 2 is 2.27 bits per heavy atom. The van der Waals surface area contributed by atoms with Crippen LogP contribution in [0, 0.1) is 0 Å². The van der Waals surface area contributed by atoms with Gasteiger partial charge in [0.15, 0.2) is 0 Å². The van der Waals surface area contributed by atoms with Gasteiger partial charge in [0.2, 0.25) is 5.91 Å². The number of carbonyl (C=O) groups excluding carboxylic acids is 1. The fourth-order valence-corrected chi connectivity index (χ4v) is 2.24. The highest BCUT2D eigenvalue weighted by Gasteiger charge is 2.39. The third kappa shape index (κ3) is 2.69. The minimum Gasteiger partial charge on any atom is -0.386 e. The average Bonchev–Trinajstić information content (AvgIpc) is 2.15. The summed E-state index contributed by atoms with van der Waals surface area (Å²) in [6, 6.07) is 0. The standard InChI is InChI=1S/C11H19NO3/c1-11(14)7-12(8-11)10(13)6-9-4-2-3-5-15-9/h9,14H,2-8H2,1H3. The van der Waals surface area contributed by atoms with Crippen LogP contribution in [0.5, 0.6) is 0 Å². The van der Waals surface area contributed by atoms with Crippen molar-refractivity contribution in [1.29, 1.82) is 0 Å². The zero-order valence-electron chi connectivity index (χ0n) is 9.24. The van der Waals surface area contributed by atoms with Crippen LogP contribution < -0.4 is 0 Å². The number of β-amino-alcohol motifs (C(OH)–C–C–N with tert-alkyl or cyclic N) is 1. The topological polar surface area (TPSA) is 49.8 Å². The fourth-order valence-electron chi connectivity index (χ4n) is 2.24.